The summed E-state index contributed by atoms with van der Waals surface area (Å²) in [4.78, 5) is 42.7. The standard InChI is InChI=1S/C27H35FN2O4/c1-25(2)26(3)12-13-27(25,34-24(26)33)23(32)30-16-10-19(11-17-30)18-8-14-29(15-9-18)22(31)20-4-6-21(28)7-5-20/h4-7,18-19H,8-17H2,1-3H3. The van der Waals surface area contributed by atoms with Crippen LogP contribution in [0, 0.1) is 28.5 Å². The second-order valence-corrected chi connectivity index (χ2v) is 11.4. The summed E-state index contributed by atoms with van der Waals surface area (Å²) in [5.74, 6) is 0.478. The van der Waals surface area contributed by atoms with Crippen molar-refractivity contribution in [3.05, 3.63) is 35.6 Å². The Morgan fingerprint density at radius 3 is 1.88 bits per heavy atom. The number of esters is 1. The van der Waals surface area contributed by atoms with E-state index in [4.69, 9.17) is 4.74 Å². The van der Waals surface area contributed by atoms with Crippen LogP contribution in [0.4, 0.5) is 4.39 Å². The highest BCUT2D eigenvalue weighted by Crippen LogP contribution is 2.66. The number of ether oxygens (including phenoxy) is 1. The average Bonchev–Trinajstić information content (AvgIpc) is 3.14. The molecule has 34 heavy (non-hydrogen) atoms. The molecule has 1 aromatic carbocycles. The number of hydrogen-bond donors (Lipinski definition) is 0. The van der Waals surface area contributed by atoms with E-state index in [1.807, 2.05) is 30.6 Å². The Morgan fingerprint density at radius 2 is 1.41 bits per heavy atom. The Kier molecular flexibility index (Phi) is 5.53. The van der Waals surface area contributed by atoms with Crippen LogP contribution >= 0.6 is 0 Å². The maximum absolute atomic E-state index is 13.6. The third kappa shape index (κ3) is 3.29. The van der Waals surface area contributed by atoms with Gasteiger partial charge in [0.2, 0.25) is 0 Å². The quantitative estimate of drug-likeness (QED) is 0.626. The third-order valence-electron chi connectivity index (χ3n) is 9.84. The van der Waals surface area contributed by atoms with Gasteiger partial charge in [-0.25, -0.2) is 4.39 Å². The predicted octanol–water partition coefficient (Wildman–Crippen LogP) is 4.04. The van der Waals surface area contributed by atoms with Gasteiger partial charge in [-0.1, -0.05) is 13.8 Å². The van der Waals surface area contributed by atoms with Crippen molar-refractivity contribution in [2.24, 2.45) is 22.7 Å². The molecule has 0 spiro atoms. The number of likely N-dealkylation sites (tertiary alicyclic amines) is 2. The number of halogens is 1. The van der Waals surface area contributed by atoms with Crippen LogP contribution in [-0.2, 0) is 14.3 Å². The van der Waals surface area contributed by atoms with Crippen LogP contribution in [-0.4, -0.2) is 59.4 Å². The molecule has 0 aromatic heterocycles. The Labute approximate surface area is 200 Å². The zero-order valence-electron chi connectivity index (χ0n) is 20.4. The Hall–Kier alpha value is -2.44. The van der Waals surface area contributed by atoms with Crippen molar-refractivity contribution in [2.45, 2.75) is 64.9 Å². The van der Waals surface area contributed by atoms with Crippen LogP contribution in [0.2, 0.25) is 0 Å². The molecule has 2 bridgehead atoms. The first kappa shape index (κ1) is 23.3. The Bertz CT molecular complexity index is 992. The van der Waals surface area contributed by atoms with Crippen LogP contribution < -0.4 is 0 Å². The minimum Gasteiger partial charge on any atom is -0.448 e. The highest BCUT2D eigenvalue weighted by Gasteiger charge is 2.76. The topological polar surface area (TPSA) is 66.9 Å². The summed E-state index contributed by atoms with van der Waals surface area (Å²) in [6.07, 6.45) is 5.13. The molecule has 2 atom stereocenters. The second kappa shape index (κ2) is 8.06. The van der Waals surface area contributed by atoms with Crippen molar-refractivity contribution < 1.29 is 23.5 Å². The van der Waals surface area contributed by atoms with E-state index in [0.29, 0.717) is 56.4 Å². The fourth-order valence-corrected chi connectivity index (χ4v) is 6.90. The summed E-state index contributed by atoms with van der Waals surface area (Å²) in [6.45, 7) is 8.79. The van der Waals surface area contributed by atoms with Gasteiger partial charge < -0.3 is 14.5 Å². The molecule has 0 N–H and O–H groups in total. The first-order chi connectivity index (χ1) is 16.1. The number of piperidine rings is 2. The molecule has 4 fully saturated rings. The second-order valence-electron chi connectivity index (χ2n) is 11.4. The van der Waals surface area contributed by atoms with Gasteiger partial charge in [0.15, 0.2) is 5.60 Å². The number of carbonyl (C=O) groups is 3. The monoisotopic (exact) mass is 470 g/mol. The molecule has 3 heterocycles. The molecule has 5 rings (SSSR count). The van der Waals surface area contributed by atoms with Gasteiger partial charge >= 0.3 is 5.97 Å². The number of amides is 2. The molecule has 4 aliphatic rings. The molecule has 2 unspecified atom stereocenters. The molecule has 3 aliphatic heterocycles. The van der Waals surface area contributed by atoms with Crippen molar-refractivity contribution in [3.8, 4) is 0 Å². The predicted molar refractivity (Wildman–Crippen MR) is 124 cm³/mol. The molecule has 184 valence electrons. The van der Waals surface area contributed by atoms with Gasteiger partial charge in [0.25, 0.3) is 11.8 Å². The number of nitrogens with zero attached hydrogens (tertiary/aromatic N) is 2. The molecule has 0 radical (unpaired) electrons. The van der Waals surface area contributed by atoms with Crippen LogP contribution in [0.3, 0.4) is 0 Å². The molecule has 1 saturated carbocycles. The van der Waals surface area contributed by atoms with Gasteiger partial charge in [-0.3, -0.25) is 14.4 Å². The van der Waals surface area contributed by atoms with Crippen molar-refractivity contribution >= 4 is 17.8 Å². The van der Waals surface area contributed by atoms with Crippen molar-refractivity contribution in [3.63, 3.8) is 0 Å². The maximum atomic E-state index is 13.6. The molecule has 7 heteroatoms. The zero-order valence-corrected chi connectivity index (χ0v) is 20.4. The highest BCUT2D eigenvalue weighted by molar-refractivity contribution is 5.96. The summed E-state index contributed by atoms with van der Waals surface area (Å²) >= 11 is 0. The Balaban J connectivity index is 1.15. The van der Waals surface area contributed by atoms with Gasteiger partial charge in [-0.05, 0) is 81.5 Å². The third-order valence-corrected chi connectivity index (χ3v) is 9.84. The number of benzene rings is 1. The lowest BCUT2D eigenvalue weighted by molar-refractivity contribution is -0.175. The zero-order chi connectivity index (χ0) is 24.3. The lowest BCUT2D eigenvalue weighted by Gasteiger charge is -2.43. The van der Waals surface area contributed by atoms with E-state index in [1.165, 1.54) is 12.1 Å². The van der Waals surface area contributed by atoms with Crippen LogP contribution in [0.1, 0.15) is 69.7 Å². The lowest BCUT2D eigenvalue weighted by Crippen LogP contribution is -2.56. The summed E-state index contributed by atoms with van der Waals surface area (Å²) in [6, 6.07) is 5.75. The summed E-state index contributed by atoms with van der Waals surface area (Å²) < 4.78 is 19.0. The van der Waals surface area contributed by atoms with Crippen LogP contribution in [0.15, 0.2) is 24.3 Å². The lowest BCUT2D eigenvalue weighted by atomic mass is 9.66. The molecular formula is C27H35FN2O4. The number of hydrogen-bond acceptors (Lipinski definition) is 4. The normalized spacial score (nSPS) is 31.6. The van der Waals surface area contributed by atoms with Gasteiger partial charge in [0, 0.05) is 37.2 Å². The van der Waals surface area contributed by atoms with E-state index in [0.717, 1.165) is 25.7 Å². The van der Waals surface area contributed by atoms with Crippen molar-refractivity contribution in [1.82, 2.24) is 9.80 Å². The summed E-state index contributed by atoms with van der Waals surface area (Å²) in [5.41, 5.74) is -1.57. The summed E-state index contributed by atoms with van der Waals surface area (Å²) in [5, 5.41) is 0. The van der Waals surface area contributed by atoms with E-state index >= 15 is 0 Å². The van der Waals surface area contributed by atoms with Gasteiger partial charge in [-0.15, -0.1) is 0 Å². The van der Waals surface area contributed by atoms with Crippen LogP contribution in [0.25, 0.3) is 0 Å². The Morgan fingerprint density at radius 1 is 0.882 bits per heavy atom. The van der Waals surface area contributed by atoms with Crippen molar-refractivity contribution in [1.29, 1.82) is 0 Å². The van der Waals surface area contributed by atoms with Gasteiger partial charge in [0.05, 0.1) is 5.41 Å². The van der Waals surface area contributed by atoms with E-state index < -0.39 is 16.4 Å². The fraction of sp³-hybridized carbons (Fsp3) is 0.667. The maximum Gasteiger partial charge on any atom is 0.313 e. The number of fused-ring (bicyclic) bond motifs is 2. The molecule has 3 saturated heterocycles. The van der Waals surface area contributed by atoms with E-state index in [-0.39, 0.29) is 23.6 Å². The molecule has 2 amide bonds. The van der Waals surface area contributed by atoms with Crippen LogP contribution in [0.5, 0.6) is 0 Å². The van der Waals surface area contributed by atoms with E-state index in [2.05, 4.69) is 0 Å². The molecular weight excluding hydrogens is 435 g/mol. The number of rotatable bonds is 3. The first-order valence-electron chi connectivity index (χ1n) is 12.7. The SMILES string of the molecule is CC12CCC(C(=O)N3CCC(C4CCN(C(=O)c5ccc(F)cc5)CC4)CC3)(OC1=O)C2(C)C. The fourth-order valence-electron chi connectivity index (χ4n) is 6.90. The molecule has 1 aromatic rings. The van der Waals surface area contributed by atoms with E-state index in [1.54, 1.807) is 12.1 Å². The minimum absolute atomic E-state index is 0.00904. The largest absolute Gasteiger partial charge is 0.448 e. The smallest absolute Gasteiger partial charge is 0.313 e. The van der Waals surface area contributed by atoms with E-state index in [9.17, 15) is 18.8 Å². The molecule has 6 nitrogen and oxygen atoms in total. The minimum atomic E-state index is -1.02. The van der Waals surface area contributed by atoms with Gasteiger partial charge in [-0.2, -0.15) is 0 Å². The van der Waals surface area contributed by atoms with Gasteiger partial charge in [0.1, 0.15) is 5.82 Å². The highest BCUT2D eigenvalue weighted by atomic mass is 19.1. The first-order valence-corrected chi connectivity index (χ1v) is 12.7. The number of carbonyl (C=O) groups excluding carboxylic acids is 3. The molecule has 1 aliphatic carbocycles. The van der Waals surface area contributed by atoms with Crippen molar-refractivity contribution in [2.75, 3.05) is 26.2 Å². The summed E-state index contributed by atoms with van der Waals surface area (Å²) in [7, 11) is 0. The average molecular weight is 471 g/mol.